The predicted octanol–water partition coefficient (Wildman–Crippen LogP) is 7.80. The summed E-state index contributed by atoms with van der Waals surface area (Å²) >= 11 is 0. The highest BCUT2D eigenvalue weighted by Gasteiger charge is 2.11. The van der Waals surface area contributed by atoms with E-state index in [4.69, 9.17) is 0 Å². The van der Waals surface area contributed by atoms with Crippen LogP contribution in [0, 0.1) is 24.7 Å². The van der Waals surface area contributed by atoms with Gasteiger partial charge in [-0.15, -0.1) is 0 Å². The molecule has 0 bridgehead atoms. The van der Waals surface area contributed by atoms with Crippen molar-refractivity contribution in [1.82, 2.24) is 0 Å². The summed E-state index contributed by atoms with van der Waals surface area (Å²) < 4.78 is 0. The first-order chi connectivity index (χ1) is 10.9. The van der Waals surface area contributed by atoms with Crippen molar-refractivity contribution in [2.24, 2.45) is 10.8 Å². The van der Waals surface area contributed by atoms with Crippen LogP contribution in [0.1, 0.15) is 71.2 Å². The van der Waals surface area contributed by atoms with Crippen molar-refractivity contribution in [2.75, 3.05) is 0 Å². The van der Waals surface area contributed by atoms with Crippen LogP contribution in [0.15, 0.2) is 48.5 Å². The normalized spacial score (nSPS) is 11.2. The molecule has 2 rings (SSSR count). The van der Waals surface area contributed by atoms with Crippen molar-refractivity contribution in [2.45, 2.75) is 75.7 Å². The van der Waals surface area contributed by atoms with Crippen molar-refractivity contribution in [3.63, 3.8) is 0 Å². The monoisotopic (exact) mass is 340 g/mol. The summed E-state index contributed by atoms with van der Waals surface area (Å²) in [5.41, 5.74) is 6.40. The first-order valence-electron chi connectivity index (χ1n) is 9.06. The number of hydrogen-bond donors (Lipinski definition) is 0. The molecule has 140 valence electrons. The van der Waals surface area contributed by atoms with Crippen LogP contribution in [0.3, 0.4) is 0 Å². The highest BCUT2D eigenvalue weighted by molar-refractivity contribution is 5.23. The van der Waals surface area contributed by atoms with Gasteiger partial charge in [-0.05, 0) is 48.6 Å². The lowest BCUT2D eigenvalue weighted by Crippen LogP contribution is -2.08. The van der Waals surface area contributed by atoms with Crippen LogP contribution in [0.4, 0.5) is 0 Å². The third-order valence-electron chi connectivity index (χ3n) is 3.63. The topological polar surface area (TPSA) is 0 Å². The highest BCUT2D eigenvalue weighted by Crippen LogP contribution is 2.21. The Morgan fingerprint density at radius 3 is 1.16 bits per heavy atom. The van der Waals surface area contributed by atoms with Gasteiger partial charge in [0.15, 0.2) is 0 Å². The van der Waals surface area contributed by atoms with E-state index in [1.165, 1.54) is 22.3 Å². The second-order valence-corrected chi connectivity index (χ2v) is 9.45. The quantitative estimate of drug-likeness (QED) is 0.523. The van der Waals surface area contributed by atoms with Crippen molar-refractivity contribution in [1.29, 1.82) is 0 Å². The van der Waals surface area contributed by atoms with Crippen molar-refractivity contribution >= 4 is 0 Å². The SMILES string of the molecule is C.Cc1cccc(CC(C)(C)C)c1.Cc1cccc(CC(C)(C)C)c1. The molecule has 0 atom stereocenters. The first kappa shape index (κ1) is 23.4. The van der Waals surface area contributed by atoms with E-state index in [1.807, 2.05) is 0 Å². The summed E-state index contributed by atoms with van der Waals surface area (Å²) in [6.07, 6.45) is 2.32. The summed E-state index contributed by atoms with van der Waals surface area (Å²) in [4.78, 5) is 0. The molecule has 0 amide bonds. The van der Waals surface area contributed by atoms with E-state index in [9.17, 15) is 0 Å². The van der Waals surface area contributed by atoms with Crippen LogP contribution in [-0.4, -0.2) is 0 Å². The van der Waals surface area contributed by atoms with Gasteiger partial charge >= 0.3 is 0 Å². The molecule has 0 spiro atoms. The molecule has 2 aromatic rings. The predicted molar refractivity (Wildman–Crippen MR) is 115 cm³/mol. The molecular weight excluding hydrogens is 300 g/mol. The minimum Gasteiger partial charge on any atom is -0.0776 e. The lowest BCUT2D eigenvalue weighted by Gasteiger charge is -2.18. The average Bonchev–Trinajstić information content (AvgIpc) is 2.35. The third kappa shape index (κ3) is 11.6. The third-order valence-corrected chi connectivity index (χ3v) is 3.63. The summed E-state index contributed by atoms with van der Waals surface area (Å²) in [6.45, 7) is 17.9. The van der Waals surface area contributed by atoms with Gasteiger partial charge in [0.1, 0.15) is 0 Å². The Bertz CT molecular complexity index is 563. The number of rotatable bonds is 2. The molecule has 0 nitrogen and oxygen atoms in total. The molecule has 2 aromatic carbocycles. The molecule has 0 N–H and O–H groups in total. The average molecular weight is 341 g/mol. The summed E-state index contributed by atoms with van der Waals surface area (Å²) in [7, 11) is 0. The van der Waals surface area contributed by atoms with Crippen LogP contribution in [0.5, 0.6) is 0 Å². The zero-order valence-electron chi connectivity index (χ0n) is 17.0. The van der Waals surface area contributed by atoms with Gasteiger partial charge in [0.2, 0.25) is 0 Å². The van der Waals surface area contributed by atoms with Gasteiger partial charge in [0, 0.05) is 0 Å². The van der Waals surface area contributed by atoms with Gasteiger partial charge in [0.05, 0.1) is 0 Å². The lowest BCUT2D eigenvalue weighted by molar-refractivity contribution is 0.411. The Morgan fingerprint density at radius 1 is 0.600 bits per heavy atom. The number of benzene rings is 2. The van der Waals surface area contributed by atoms with Crippen LogP contribution in [-0.2, 0) is 12.8 Å². The summed E-state index contributed by atoms with van der Waals surface area (Å²) in [5, 5.41) is 0. The lowest BCUT2D eigenvalue weighted by atomic mass is 9.88. The minimum atomic E-state index is 0. The van der Waals surface area contributed by atoms with Crippen molar-refractivity contribution in [3.05, 3.63) is 70.8 Å². The fourth-order valence-electron chi connectivity index (χ4n) is 2.87. The van der Waals surface area contributed by atoms with Gasteiger partial charge in [-0.1, -0.05) is 109 Å². The first-order valence-corrected chi connectivity index (χ1v) is 9.06. The van der Waals surface area contributed by atoms with E-state index >= 15 is 0 Å². The van der Waals surface area contributed by atoms with Crippen LogP contribution < -0.4 is 0 Å². The summed E-state index contributed by atoms with van der Waals surface area (Å²) in [5.74, 6) is 0. The molecule has 0 radical (unpaired) electrons. The second kappa shape index (κ2) is 9.80. The number of aryl methyl sites for hydroxylation is 2. The number of hydrogen-bond acceptors (Lipinski definition) is 0. The fourth-order valence-corrected chi connectivity index (χ4v) is 2.87. The maximum atomic E-state index is 2.27. The largest absolute Gasteiger partial charge is 0.0776 e. The van der Waals surface area contributed by atoms with E-state index in [2.05, 4.69) is 104 Å². The van der Waals surface area contributed by atoms with E-state index in [1.54, 1.807) is 0 Å². The minimum absolute atomic E-state index is 0. The van der Waals surface area contributed by atoms with E-state index in [0.29, 0.717) is 10.8 Å². The Labute approximate surface area is 157 Å². The standard InChI is InChI=1S/2C12H18.CH4/c2*1-10-6-5-7-11(8-10)9-12(2,3)4;/h2*5-8H,9H2,1-4H3;1H4. The Balaban J connectivity index is 0.000000443. The zero-order chi connectivity index (χ0) is 18.4. The molecule has 0 aliphatic heterocycles. The molecular formula is C25H40. The molecule has 0 fully saturated rings. The Morgan fingerprint density at radius 2 is 0.920 bits per heavy atom. The Hall–Kier alpha value is -1.56. The molecule has 0 heteroatoms. The smallest absolute Gasteiger partial charge is 0.0230 e. The van der Waals surface area contributed by atoms with Gasteiger partial charge in [-0.3, -0.25) is 0 Å². The van der Waals surface area contributed by atoms with E-state index in [0.717, 1.165) is 12.8 Å². The Kier molecular flexibility index (Phi) is 9.19. The maximum Gasteiger partial charge on any atom is -0.0230 e. The molecule has 0 heterocycles. The maximum absolute atomic E-state index is 2.27. The summed E-state index contributed by atoms with van der Waals surface area (Å²) in [6, 6.07) is 17.5. The zero-order valence-corrected chi connectivity index (χ0v) is 17.0. The molecule has 0 aliphatic rings. The van der Waals surface area contributed by atoms with Crippen molar-refractivity contribution < 1.29 is 0 Å². The fraction of sp³-hybridized carbons (Fsp3) is 0.520. The van der Waals surface area contributed by atoms with Crippen LogP contribution in [0.25, 0.3) is 0 Å². The van der Waals surface area contributed by atoms with E-state index < -0.39 is 0 Å². The molecule has 0 saturated heterocycles. The van der Waals surface area contributed by atoms with Gasteiger partial charge in [-0.2, -0.15) is 0 Å². The molecule has 0 aliphatic carbocycles. The molecule has 0 saturated carbocycles. The highest BCUT2D eigenvalue weighted by atomic mass is 14.2. The van der Waals surface area contributed by atoms with E-state index in [-0.39, 0.29) is 7.43 Å². The van der Waals surface area contributed by atoms with Gasteiger partial charge in [-0.25, -0.2) is 0 Å². The molecule has 0 aromatic heterocycles. The van der Waals surface area contributed by atoms with Gasteiger partial charge in [0.25, 0.3) is 0 Å². The molecule has 0 unspecified atom stereocenters. The second-order valence-electron chi connectivity index (χ2n) is 9.45. The van der Waals surface area contributed by atoms with Crippen LogP contribution >= 0.6 is 0 Å². The molecule has 25 heavy (non-hydrogen) atoms. The van der Waals surface area contributed by atoms with Gasteiger partial charge < -0.3 is 0 Å². The van der Waals surface area contributed by atoms with Crippen molar-refractivity contribution in [3.8, 4) is 0 Å². The van der Waals surface area contributed by atoms with Crippen LogP contribution in [0.2, 0.25) is 0 Å².